The summed E-state index contributed by atoms with van der Waals surface area (Å²) < 4.78 is 32.3. The van der Waals surface area contributed by atoms with Crippen molar-refractivity contribution < 1.29 is 22.7 Å². The number of carbonyl (C=O) groups excluding carboxylic acids is 2. The summed E-state index contributed by atoms with van der Waals surface area (Å²) in [5.74, 6) is -0.137. The maximum atomic E-state index is 13.0. The number of amides is 2. The zero-order chi connectivity index (χ0) is 23.8. The van der Waals surface area contributed by atoms with Gasteiger partial charge in [-0.2, -0.15) is 0 Å². The molecule has 1 heterocycles. The average molecular weight is 469 g/mol. The maximum absolute atomic E-state index is 13.0. The number of nitrogens with zero attached hydrogens (tertiary/aromatic N) is 2. The molecular weight excluding hydrogens is 444 g/mol. The standard InChI is InChI=1S/C23H24N4O5S/c1-27(19-8-10-20(32-2)11-9-19)33(30,31)21-7-3-5-17(15-21)22(28)25-13-14-26-23(29)18-6-4-12-24-16-18/h3-12,15-16H,13-14H2,1-2H3,(H,25,28)(H,26,29). The van der Waals surface area contributed by atoms with E-state index in [1.54, 1.807) is 42.6 Å². The molecular formula is C23H24N4O5S. The van der Waals surface area contributed by atoms with Gasteiger partial charge in [-0.15, -0.1) is 0 Å². The highest BCUT2D eigenvalue weighted by Gasteiger charge is 2.22. The van der Waals surface area contributed by atoms with Crippen molar-refractivity contribution in [3.05, 3.63) is 84.2 Å². The summed E-state index contributed by atoms with van der Waals surface area (Å²) in [4.78, 5) is 28.3. The van der Waals surface area contributed by atoms with Gasteiger partial charge in [0.2, 0.25) is 0 Å². The van der Waals surface area contributed by atoms with Crippen molar-refractivity contribution in [3.63, 3.8) is 0 Å². The van der Waals surface area contributed by atoms with E-state index in [4.69, 9.17) is 4.74 Å². The van der Waals surface area contributed by atoms with Crippen LogP contribution in [0.5, 0.6) is 5.75 Å². The summed E-state index contributed by atoms with van der Waals surface area (Å²) >= 11 is 0. The van der Waals surface area contributed by atoms with E-state index < -0.39 is 15.9 Å². The molecule has 3 aromatic rings. The number of benzene rings is 2. The fourth-order valence-corrected chi connectivity index (χ4v) is 4.18. The van der Waals surface area contributed by atoms with Crippen LogP contribution >= 0.6 is 0 Å². The first-order chi connectivity index (χ1) is 15.8. The van der Waals surface area contributed by atoms with E-state index in [1.165, 1.54) is 44.6 Å². The third-order valence-electron chi connectivity index (χ3n) is 4.81. The molecule has 2 aromatic carbocycles. The number of hydrogen-bond donors (Lipinski definition) is 2. The lowest BCUT2D eigenvalue weighted by atomic mass is 10.2. The SMILES string of the molecule is COc1ccc(N(C)S(=O)(=O)c2cccc(C(=O)NCCNC(=O)c3cccnc3)c2)cc1. The Kier molecular flexibility index (Phi) is 7.62. The molecule has 0 aliphatic carbocycles. The zero-order valence-electron chi connectivity index (χ0n) is 18.2. The third-order valence-corrected chi connectivity index (χ3v) is 6.59. The fraction of sp³-hybridized carbons (Fsp3) is 0.174. The van der Waals surface area contributed by atoms with Crippen LogP contribution in [0.4, 0.5) is 5.69 Å². The van der Waals surface area contributed by atoms with Gasteiger partial charge in [-0.25, -0.2) is 8.42 Å². The number of hydrogen-bond acceptors (Lipinski definition) is 6. The van der Waals surface area contributed by atoms with Gasteiger partial charge in [-0.1, -0.05) is 6.07 Å². The van der Waals surface area contributed by atoms with Crippen molar-refractivity contribution in [2.24, 2.45) is 0 Å². The number of aromatic nitrogens is 1. The number of methoxy groups -OCH3 is 1. The Morgan fingerprint density at radius 3 is 2.18 bits per heavy atom. The molecule has 0 aliphatic rings. The molecule has 3 rings (SSSR count). The Morgan fingerprint density at radius 1 is 0.939 bits per heavy atom. The molecule has 0 spiro atoms. The summed E-state index contributed by atoms with van der Waals surface area (Å²) in [6.07, 6.45) is 3.02. The second-order valence-electron chi connectivity index (χ2n) is 6.95. The van der Waals surface area contributed by atoms with E-state index in [0.717, 1.165) is 4.31 Å². The van der Waals surface area contributed by atoms with Gasteiger partial charge in [0.05, 0.1) is 23.3 Å². The maximum Gasteiger partial charge on any atom is 0.264 e. The third kappa shape index (κ3) is 5.86. The molecule has 0 saturated heterocycles. The largest absolute Gasteiger partial charge is 0.497 e. The number of pyridine rings is 1. The Morgan fingerprint density at radius 2 is 1.58 bits per heavy atom. The molecule has 33 heavy (non-hydrogen) atoms. The second-order valence-corrected chi connectivity index (χ2v) is 8.92. The molecule has 0 radical (unpaired) electrons. The first-order valence-corrected chi connectivity index (χ1v) is 11.5. The smallest absolute Gasteiger partial charge is 0.264 e. The highest BCUT2D eigenvalue weighted by Crippen LogP contribution is 2.24. The lowest BCUT2D eigenvalue weighted by Gasteiger charge is -2.20. The highest BCUT2D eigenvalue weighted by atomic mass is 32.2. The summed E-state index contributed by atoms with van der Waals surface area (Å²) in [5, 5.41) is 5.34. The number of carbonyl (C=O) groups is 2. The minimum atomic E-state index is -3.89. The number of sulfonamides is 1. The molecule has 2 N–H and O–H groups in total. The molecule has 0 atom stereocenters. The van der Waals surface area contributed by atoms with Crippen LogP contribution < -0.4 is 19.7 Å². The number of anilines is 1. The van der Waals surface area contributed by atoms with E-state index >= 15 is 0 Å². The minimum absolute atomic E-state index is 0.0154. The van der Waals surface area contributed by atoms with Gasteiger partial charge in [0.15, 0.2) is 0 Å². The first-order valence-electron chi connectivity index (χ1n) is 10.0. The van der Waals surface area contributed by atoms with E-state index in [9.17, 15) is 18.0 Å². The monoisotopic (exact) mass is 468 g/mol. The van der Waals surface area contributed by atoms with Crippen molar-refractivity contribution >= 4 is 27.5 Å². The summed E-state index contributed by atoms with van der Waals surface area (Å²) in [6, 6.07) is 15.7. The topological polar surface area (TPSA) is 118 Å². The van der Waals surface area contributed by atoms with Crippen LogP contribution in [-0.2, 0) is 10.0 Å². The van der Waals surface area contributed by atoms with Crippen LogP contribution in [0.15, 0.2) is 78.0 Å². The Labute approximate surface area is 192 Å². The first kappa shape index (κ1) is 23.7. The van der Waals surface area contributed by atoms with Gasteiger partial charge in [-0.3, -0.25) is 18.9 Å². The van der Waals surface area contributed by atoms with Crippen molar-refractivity contribution in [2.75, 3.05) is 31.6 Å². The van der Waals surface area contributed by atoms with E-state index in [-0.39, 0.29) is 29.5 Å². The highest BCUT2D eigenvalue weighted by molar-refractivity contribution is 7.92. The molecule has 0 aliphatic heterocycles. The van der Waals surface area contributed by atoms with Crippen LogP contribution in [-0.4, -0.2) is 52.5 Å². The molecule has 0 saturated carbocycles. The van der Waals surface area contributed by atoms with Crippen molar-refractivity contribution in [1.82, 2.24) is 15.6 Å². The molecule has 172 valence electrons. The molecule has 10 heteroatoms. The van der Waals surface area contributed by atoms with Gasteiger partial charge in [0.25, 0.3) is 21.8 Å². The molecule has 0 bridgehead atoms. The molecule has 1 aromatic heterocycles. The van der Waals surface area contributed by atoms with Gasteiger partial charge >= 0.3 is 0 Å². The van der Waals surface area contributed by atoms with Crippen molar-refractivity contribution in [1.29, 1.82) is 0 Å². The quantitative estimate of drug-likeness (QED) is 0.464. The van der Waals surface area contributed by atoms with Gasteiger partial charge < -0.3 is 15.4 Å². The van der Waals surface area contributed by atoms with Crippen LogP contribution in [0.3, 0.4) is 0 Å². The van der Waals surface area contributed by atoms with E-state index in [0.29, 0.717) is 17.0 Å². The number of ether oxygens (including phenoxy) is 1. The zero-order valence-corrected chi connectivity index (χ0v) is 19.0. The van der Waals surface area contributed by atoms with E-state index in [2.05, 4.69) is 15.6 Å². The van der Waals surface area contributed by atoms with E-state index in [1.807, 2.05) is 0 Å². The second kappa shape index (κ2) is 10.6. The molecule has 0 fully saturated rings. The normalized spacial score (nSPS) is 10.8. The molecule has 2 amide bonds. The fourth-order valence-electron chi connectivity index (χ4n) is 2.94. The lowest BCUT2D eigenvalue weighted by Crippen LogP contribution is -2.34. The van der Waals surface area contributed by atoms with Gasteiger partial charge in [-0.05, 0) is 54.6 Å². The van der Waals surface area contributed by atoms with Crippen LogP contribution in [0.2, 0.25) is 0 Å². The number of nitrogens with one attached hydrogen (secondary N) is 2. The predicted molar refractivity (Wildman–Crippen MR) is 124 cm³/mol. The van der Waals surface area contributed by atoms with Crippen LogP contribution in [0.1, 0.15) is 20.7 Å². The van der Waals surface area contributed by atoms with Crippen LogP contribution in [0, 0.1) is 0 Å². The molecule has 0 unspecified atom stereocenters. The minimum Gasteiger partial charge on any atom is -0.497 e. The Hall–Kier alpha value is -3.92. The van der Waals surface area contributed by atoms with Crippen molar-refractivity contribution in [3.8, 4) is 5.75 Å². The predicted octanol–water partition coefficient (Wildman–Crippen LogP) is 2.08. The van der Waals surface area contributed by atoms with Gasteiger partial charge in [0, 0.05) is 38.1 Å². The summed E-state index contributed by atoms with van der Waals surface area (Å²) in [7, 11) is -0.917. The number of rotatable bonds is 9. The Balaban J connectivity index is 1.61. The molecule has 9 nitrogen and oxygen atoms in total. The summed E-state index contributed by atoms with van der Waals surface area (Å²) in [5.41, 5.74) is 1.07. The Bertz CT molecular complexity index is 1220. The summed E-state index contributed by atoms with van der Waals surface area (Å²) in [6.45, 7) is 0.380. The van der Waals surface area contributed by atoms with Crippen molar-refractivity contribution in [2.45, 2.75) is 4.90 Å². The lowest BCUT2D eigenvalue weighted by molar-refractivity contribution is 0.0927. The van der Waals surface area contributed by atoms with Crippen LogP contribution in [0.25, 0.3) is 0 Å². The average Bonchev–Trinajstić information content (AvgIpc) is 2.86. The van der Waals surface area contributed by atoms with Gasteiger partial charge in [0.1, 0.15) is 5.75 Å².